The lowest BCUT2D eigenvalue weighted by Gasteiger charge is -2.05. The maximum atomic E-state index is 13.7. The van der Waals surface area contributed by atoms with Gasteiger partial charge < -0.3 is 0 Å². The van der Waals surface area contributed by atoms with Gasteiger partial charge in [0, 0.05) is 21.2 Å². The molecular formula is C13H10ClFN4S2. The molecular weight excluding hydrogens is 331 g/mol. The molecule has 3 aromatic rings. The Hall–Kier alpha value is -1.44. The largest absolute Gasteiger partial charge is 0.215 e. The molecule has 3 rings (SSSR count). The summed E-state index contributed by atoms with van der Waals surface area (Å²) in [5.74, 6) is 0.0725. The normalized spacial score (nSPS) is 11.0. The number of nitrogens with zero attached hydrogens (tertiary/aromatic N) is 4. The van der Waals surface area contributed by atoms with Gasteiger partial charge in [-0.25, -0.2) is 9.07 Å². The molecule has 0 atom stereocenters. The van der Waals surface area contributed by atoms with Crippen LogP contribution >= 0.6 is 34.7 Å². The number of thioether (sulfide) groups is 1. The highest BCUT2D eigenvalue weighted by Gasteiger charge is 2.12. The van der Waals surface area contributed by atoms with Crippen molar-refractivity contribution >= 4 is 34.7 Å². The average Bonchev–Trinajstić information content (AvgIpc) is 3.11. The van der Waals surface area contributed by atoms with E-state index in [1.165, 1.54) is 17.8 Å². The summed E-state index contributed by atoms with van der Waals surface area (Å²) in [6, 6.07) is 8.67. The van der Waals surface area contributed by atoms with Crippen molar-refractivity contribution in [1.29, 1.82) is 0 Å². The fourth-order valence-corrected chi connectivity index (χ4v) is 3.66. The summed E-state index contributed by atoms with van der Waals surface area (Å²) >= 11 is 9.02. The molecule has 0 saturated heterocycles. The van der Waals surface area contributed by atoms with Gasteiger partial charge in [0.25, 0.3) is 0 Å². The molecule has 0 spiro atoms. The van der Waals surface area contributed by atoms with Crippen LogP contribution in [0, 0.1) is 5.82 Å². The van der Waals surface area contributed by atoms with Crippen LogP contribution in [0.15, 0.2) is 40.9 Å². The smallest absolute Gasteiger partial charge is 0.209 e. The summed E-state index contributed by atoms with van der Waals surface area (Å²) < 4.78 is 15.4. The zero-order valence-corrected chi connectivity index (χ0v) is 13.1. The van der Waals surface area contributed by atoms with Gasteiger partial charge in [0.1, 0.15) is 5.82 Å². The second-order valence-electron chi connectivity index (χ2n) is 4.19. The van der Waals surface area contributed by atoms with Crippen LogP contribution in [0.2, 0.25) is 5.02 Å². The Morgan fingerprint density at radius 2 is 2.19 bits per heavy atom. The van der Waals surface area contributed by atoms with Crippen LogP contribution in [0.4, 0.5) is 4.39 Å². The quantitative estimate of drug-likeness (QED) is 0.661. The Kier molecular flexibility index (Phi) is 4.52. The monoisotopic (exact) mass is 340 g/mol. The molecule has 1 aromatic carbocycles. The average molecular weight is 341 g/mol. The van der Waals surface area contributed by atoms with E-state index in [0.717, 1.165) is 4.88 Å². The molecule has 0 fully saturated rings. The van der Waals surface area contributed by atoms with E-state index in [4.69, 9.17) is 11.6 Å². The molecule has 0 amide bonds. The lowest BCUT2D eigenvalue weighted by Crippen LogP contribution is -2.02. The third kappa shape index (κ3) is 3.42. The number of halogens is 2. The number of hydrogen-bond donors (Lipinski definition) is 0. The summed E-state index contributed by atoms with van der Waals surface area (Å²) in [5.41, 5.74) is 0.467. The van der Waals surface area contributed by atoms with Crippen molar-refractivity contribution in [3.05, 3.63) is 57.0 Å². The van der Waals surface area contributed by atoms with Gasteiger partial charge in [-0.1, -0.05) is 35.5 Å². The zero-order valence-electron chi connectivity index (χ0n) is 10.7. The second kappa shape index (κ2) is 6.55. The lowest BCUT2D eigenvalue weighted by atomic mass is 10.2. The molecule has 0 bridgehead atoms. The molecule has 21 heavy (non-hydrogen) atoms. The fourth-order valence-electron chi connectivity index (χ4n) is 1.76. The summed E-state index contributed by atoms with van der Waals surface area (Å²) in [5, 5.41) is 14.7. The summed E-state index contributed by atoms with van der Waals surface area (Å²) in [6.07, 6.45) is 0. The Morgan fingerprint density at radius 1 is 1.29 bits per heavy atom. The van der Waals surface area contributed by atoms with Gasteiger partial charge in [0.15, 0.2) is 0 Å². The summed E-state index contributed by atoms with van der Waals surface area (Å²) in [6.45, 7) is 0.609. The van der Waals surface area contributed by atoms with Crippen LogP contribution in [0.1, 0.15) is 10.4 Å². The maximum absolute atomic E-state index is 13.7. The Morgan fingerprint density at radius 3 is 2.95 bits per heavy atom. The van der Waals surface area contributed by atoms with Gasteiger partial charge in [-0.15, -0.1) is 16.4 Å². The minimum Gasteiger partial charge on any atom is -0.215 e. The standard InChI is InChI=1S/C13H10ClFN4S2/c14-11-4-1-5-12(15)10(11)8-21-13-16-17-18-19(13)7-9-3-2-6-20-9/h1-6H,7-8H2. The Balaban J connectivity index is 1.73. The molecule has 0 aliphatic carbocycles. The van der Waals surface area contributed by atoms with E-state index < -0.39 is 0 Å². The van der Waals surface area contributed by atoms with Crippen LogP contribution in [0.5, 0.6) is 0 Å². The molecule has 0 aliphatic rings. The number of aromatic nitrogens is 4. The third-order valence-electron chi connectivity index (χ3n) is 2.79. The first-order valence-corrected chi connectivity index (χ1v) is 8.32. The predicted molar refractivity (Wildman–Crippen MR) is 82.2 cm³/mol. The van der Waals surface area contributed by atoms with E-state index in [-0.39, 0.29) is 5.82 Å². The second-order valence-corrected chi connectivity index (χ2v) is 6.57. The first kappa shape index (κ1) is 14.5. The minimum absolute atomic E-state index is 0.313. The Labute approximate surface area is 133 Å². The third-order valence-corrected chi connectivity index (χ3v) is 4.99. The zero-order chi connectivity index (χ0) is 14.7. The van der Waals surface area contributed by atoms with Crippen LogP contribution in [0.25, 0.3) is 0 Å². The van der Waals surface area contributed by atoms with Crippen molar-refractivity contribution in [2.45, 2.75) is 17.5 Å². The molecule has 0 aliphatic heterocycles. The van der Waals surface area contributed by atoms with Crippen molar-refractivity contribution in [3.63, 3.8) is 0 Å². The van der Waals surface area contributed by atoms with Crippen molar-refractivity contribution in [3.8, 4) is 0 Å². The molecule has 0 N–H and O–H groups in total. The van der Waals surface area contributed by atoms with Crippen molar-refractivity contribution < 1.29 is 4.39 Å². The fraction of sp³-hybridized carbons (Fsp3) is 0.154. The number of thiophene rings is 1. The topological polar surface area (TPSA) is 43.6 Å². The molecule has 2 aromatic heterocycles. The highest BCUT2D eigenvalue weighted by Crippen LogP contribution is 2.27. The SMILES string of the molecule is Fc1cccc(Cl)c1CSc1nnnn1Cc1cccs1. The van der Waals surface area contributed by atoms with Gasteiger partial charge in [0.2, 0.25) is 5.16 Å². The van der Waals surface area contributed by atoms with Crippen LogP contribution in [0.3, 0.4) is 0 Å². The molecule has 0 radical (unpaired) electrons. The molecule has 108 valence electrons. The molecule has 8 heteroatoms. The van der Waals surface area contributed by atoms with Gasteiger partial charge >= 0.3 is 0 Å². The predicted octanol–water partition coefficient (Wildman–Crippen LogP) is 3.87. The number of tetrazole rings is 1. The molecule has 4 nitrogen and oxygen atoms in total. The lowest BCUT2D eigenvalue weighted by molar-refractivity contribution is 0.606. The van der Waals surface area contributed by atoms with Crippen molar-refractivity contribution in [2.75, 3.05) is 0 Å². The van der Waals surface area contributed by atoms with E-state index in [0.29, 0.717) is 28.0 Å². The first-order valence-electron chi connectivity index (χ1n) is 6.08. The van der Waals surface area contributed by atoms with E-state index in [2.05, 4.69) is 15.5 Å². The Bertz CT molecular complexity index is 709. The van der Waals surface area contributed by atoms with Gasteiger partial charge in [-0.05, 0) is 34.0 Å². The van der Waals surface area contributed by atoms with Crippen molar-refractivity contribution in [2.24, 2.45) is 0 Å². The number of benzene rings is 1. The van der Waals surface area contributed by atoms with Gasteiger partial charge in [0.05, 0.1) is 6.54 Å². The van der Waals surface area contributed by atoms with E-state index in [1.807, 2.05) is 17.5 Å². The van der Waals surface area contributed by atoms with Gasteiger partial charge in [-0.2, -0.15) is 0 Å². The van der Waals surface area contributed by atoms with E-state index in [9.17, 15) is 4.39 Å². The summed E-state index contributed by atoms with van der Waals surface area (Å²) in [7, 11) is 0. The summed E-state index contributed by atoms with van der Waals surface area (Å²) in [4.78, 5) is 1.16. The van der Waals surface area contributed by atoms with Crippen molar-refractivity contribution in [1.82, 2.24) is 20.2 Å². The highest BCUT2D eigenvalue weighted by molar-refractivity contribution is 7.98. The minimum atomic E-state index is -0.313. The number of hydrogen-bond acceptors (Lipinski definition) is 5. The maximum Gasteiger partial charge on any atom is 0.209 e. The van der Waals surface area contributed by atoms with Gasteiger partial charge in [-0.3, -0.25) is 0 Å². The molecule has 0 saturated carbocycles. The number of rotatable bonds is 5. The van der Waals surface area contributed by atoms with Crippen LogP contribution in [-0.4, -0.2) is 20.2 Å². The van der Waals surface area contributed by atoms with E-state index >= 15 is 0 Å². The molecule has 2 heterocycles. The highest BCUT2D eigenvalue weighted by atomic mass is 35.5. The van der Waals surface area contributed by atoms with Crippen LogP contribution in [-0.2, 0) is 12.3 Å². The van der Waals surface area contributed by atoms with E-state index in [1.54, 1.807) is 28.2 Å². The first-order chi connectivity index (χ1) is 10.2. The molecule has 0 unspecified atom stereocenters. The van der Waals surface area contributed by atoms with Crippen LogP contribution < -0.4 is 0 Å².